The van der Waals surface area contributed by atoms with Gasteiger partial charge in [-0.15, -0.1) is 11.8 Å². The molecule has 2 unspecified atom stereocenters. The topological polar surface area (TPSA) is 142 Å². The van der Waals surface area contributed by atoms with Gasteiger partial charge >= 0.3 is 5.97 Å². The van der Waals surface area contributed by atoms with E-state index in [2.05, 4.69) is 41.5 Å². The molecule has 3 N–H and O–H groups in total. The molecule has 266 valence electrons. The molecule has 2 aliphatic rings. The summed E-state index contributed by atoms with van der Waals surface area (Å²) in [4.78, 5) is 40.8. The number of hydrogen-bond donors (Lipinski definition) is 3. The highest BCUT2D eigenvalue weighted by molar-refractivity contribution is 7.98. The number of thioether (sulfide) groups is 1. The van der Waals surface area contributed by atoms with Gasteiger partial charge in [-0.25, -0.2) is 8.42 Å². The van der Waals surface area contributed by atoms with Crippen molar-refractivity contribution < 1.29 is 32.6 Å². The van der Waals surface area contributed by atoms with Crippen LogP contribution in [0, 0.1) is 5.41 Å². The lowest BCUT2D eigenvalue weighted by molar-refractivity contribution is -0.141. The Kier molecular flexibility index (Phi) is 13.4. The number of benzene rings is 2. The third-order valence-corrected chi connectivity index (χ3v) is 11.9. The Morgan fingerprint density at radius 3 is 2.35 bits per heavy atom. The number of nitrogens with zero attached hydrogens (tertiary/aromatic N) is 1. The number of carbonyl (C=O) groups is 3. The second-order valence-corrected chi connectivity index (χ2v) is 15.7. The molecule has 4 rings (SSSR count). The van der Waals surface area contributed by atoms with Crippen LogP contribution in [0.15, 0.2) is 76.2 Å². The molecule has 10 nitrogen and oxygen atoms in total. The monoisotopic (exact) mass is 711 g/mol. The normalized spacial score (nSPS) is 17.6. The maximum atomic E-state index is 14.4. The second kappa shape index (κ2) is 17.2. The number of carboxylic acid groups (broad SMARTS) is 1. The maximum absolute atomic E-state index is 14.4. The lowest BCUT2D eigenvalue weighted by Crippen LogP contribution is -2.46. The van der Waals surface area contributed by atoms with Gasteiger partial charge in [0.1, 0.15) is 17.8 Å². The summed E-state index contributed by atoms with van der Waals surface area (Å²) < 4.78 is 34.8. The van der Waals surface area contributed by atoms with Crippen molar-refractivity contribution in [2.75, 3.05) is 30.1 Å². The molecule has 0 radical (unpaired) electrons. The number of allylic oxidation sites excluding steroid dienone is 4. The van der Waals surface area contributed by atoms with E-state index < -0.39 is 51.7 Å². The lowest BCUT2D eigenvalue weighted by atomic mass is 9.79. The molecule has 1 heterocycles. The molecule has 1 aliphatic carbocycles. The molecular formula is C37H49N3O7S2. The van der Waals surface area contributed by atoms with Gasteiger partial charge in [0, 0.05) is 23.7 Å². The molecule has 0 bridgehead atoms. The van der Waals surface area contributed by atoms with E-state index in [1.807, 2.05) is 18.4 Å². The molecule has 2 amide bonds. The van der Waals surface area contributed by atoms with Crippen molar-refractivity contribution in [1.29, 1.82) is 0 Å². The Balaban J connectivity index is 1.67. The fourth-order valence-electron chi connectivity index (χ4n) is 6.46. The molecule has 0 aromatic heterocycles. The zero-order valence-electron chi connectivity index (χ0n) is 28.9. The molecule has 49 heavy (non-hydrogen) atoms. The van der Waals surface area contributed by atoms with E-state index in [1.165, 1.54) is 18.7 Å². The third kappa shape index (κ3) is 9.69. The Labute approximate surface area is 294 Å². The van der Waals surface area contributed by atoms with Crippen molar-refractivity contribution in [3.05, 3.63) is 72.0 Å². The van der Waals surface area contributed by atoms with Gasteiger partial charge in [0.15, 0.2) is 16.4 Å². The minimum atomic E-state index is -3.77. The first-order valence-corrected chi connectivity index (χ1v) is 19.9. The summed E-state index contributed by atoms with van der Waals surface area (Å²) in [5.74, 6) is -2.22. The van der Waals surface area contributed by atoms with Crippen molar-refractivity contribution in [3.8, 4) is 5.75 Å². The van der Waals surface area contributed by atoms with Crippen LogP contribution in [0.2, 0.25) is 0 Å². The fraction of sp³-hybridized carbons (Fsp3) is 0.486. The molecule has 12 heteroatoms. The zero-order chi connectivity index (χ0) is 35.6. The number of unbranched alkanes of at least 4 members (excludes halogenated alkanes) is 2. The Bertz CT molecular complexity index is 1650. The molecule has 2 aromatic carbocycles. The first-order chi connectivity index (χ1) is 23.4. The molecule has 0 saturated heterocycles. The van der Waals surface area contributed by atoms with Crippen LogP contribution in [0.4, 0.5) is 5.69 Å². The summed E-state index contributed by atoms with van der Waals surface area (Å²) >= 11 is 1.40. The van der Waals surface area contributed by atoms with Crippen LogP contribution in [0.1, 0.15) is 83.7 Å². The van der Waals surface area contributed by atoms with Gasteiger partial charge in [0.2, 0.25) is 5.91 Å². The minimum Gasteiger partial charge on any atom is -0.483 e. The average molecular weight is 712 g/mol. The summed E-state index contributed by atoms with van der Waals surface area (Å²) in [7, 11) is -3.77. The van der Waals surface area contributed by atoms with E-state index in [9.17, 15) is 27.9 Å². The number of carbonyl (C=O) groups excluding carboxylic acids is 2. The first kappa shape index (κ1) is 38.0. The van der Waals surface area contributed by atoms with Crippen LogP contribution in [0.5, 0.6) is 5.75 Å². The number of aliphatic carboxylic acids is 1. The molecule has 0 spiro atoms. The van der Waals surface area contributed by atoms with Gasteiger partial charge in [-0.2, -0.15) is 0 Å². The van der Waals surface area contributed by atoms with Gasteiger partial charge in [-0.1, -0.05) is 82.0 Å². The number of amides is 2. The Hall–Kier alpha value is -3.77. The molecule has 2 aromatic rings. The third-order valence-electron chi connectivity index (χ3n) is 9.11. The maximum Gasteiger partial charge on any atom is 0.325 e. The predicted molar refractivity (Wildman–Crippen MR) is 194 cm³/mol. The van der Waals surface area contributed by atoms with Crippen LogP contribution in [0.25, 0.3) is 0 Å². The highest BCUT2D eigenvalue weighted by Gasteiger charge is 2.43. The summed E-state index contributed by atoms with van der Waals surface area (Å²) in [6, 6.07) is 9.59. The molecule has 0 saturated carbocycles. The smallest absolute Gasteiger partial charge is 0.325 e. The van der Waals surface area contributed by atoms with E-state index >= 15 is 0 Å². The van der Waals surface area contributed by atoms with E-state index in [-0.39, 0.29) is 16.4 Å². The van der Waals surface area contributed by atoms with Gasteiger partial charge < -0.3 is 25.4 Å². The first-order valence-electron chi connectivity index (χ1n) is 17.0. The van der Waals surface area contributed by atoms with Crippen LogP contribution in [0.3, 0.4) is 0 Å². The van der Waals surface area contributed by atoms with Crippen LogP contribution in [-0.4, -0.2) is 62.5 Å². The second-order valence-electron chi connectivity index (χ2n) is 12.9. The number of anilines is 1. The fourth-order valence-corrected chi connectivity index (χ4v) is 9.13. The van der Waals surface area contributed by atoms with Crippen molar-refractivity contribution >= 4 is 45.1 Å². The van der Waals surface area contributed by atoms with Crippen LogP contribution in [-0.2, 0) is 24.2 Å². The SMILES string of the molecule is CCCCC1(CCCC)CN(C2=CC=CCC2)c2cc(SC)c(OCC(=O)NC(C(=O)NC(C)C(=O)O)c3ccccc3)cc2S(=O)(=O)C1. The van der Waals surface area contributed by atoms with E-state index in [4.69, 9.17) is 4.74 Å². The van der Waals surface area contributed by atoms with Gasteiger partial charge in [-0.05, 0) is 56.6 Å². The number of hydrogen-bond acceptors (Lipinski definition) is 8. The van der Waals surface area contributed by atoms with Crippen molar-refractivity contribution in [3.63, 3.8) is 0 Å². The highest BCUT2D eigenvalue weighted by Crippen LogP contribution is 2.47. The summed E-state index contributed by atoms with van der Waals surface area (Å²) in [5, 5.41) is 14.4. The number of rotatable bonds is 16. The van der Waals surface area contributed by atoms with E-state index in [0.717, 1.165) is 57.1 Å². The standard InChI is InChI=1S/C37H49N3O7S2/c1-5-7-19-37(20-8-6-2)24-40(28-17-13-10-14-18-28)29-21-31(48-4)30(22-32(29)49(45,46)25-37)47-23-33(41)39-34(27-15-11-9-12-16-27)35(42)38-26(3)36(43)44/h9-13,15-17,21-22,26,34H,5-8,14,18-20,23-25H2,1-4H3,(H,38,42)(H,39,41)(H,43,44). The quantitative estimate of drug-likeness (QED) is 0.168. The number of sulfone groups is 1. The number of ether oxygens (including phenoxy) is 1. The largest absolute Gasteiger partial charge is 0.483 e. The Morgan fingerprint density at radius 2 is 1.76 bits per heavy atom. The summed E-state index contributed by atoms with van der Waals surface area (Å²) in [6.45, 7) is 5.72. The van der Waals surface area contributed by atoms with E-state index in [1.54, 1.807) is 36.4 Å². The molecule has 1 aliphatic heterocycles. The summed E-state index contributed by atoms with van der Waals surface area (Å²) in [5.41, 5.74) is 1.76. The average Bonchev–Trinajstić information content (AvgIpc) is 3.19. The van der Waals surface area contributed by atoms with Crippen molar-refractivity contribution in [2.24, 2.45) is 5.41 Å². The number of nitrogens with one attached hydrogen (secondary N) is 2. The Morgan fingerprint density at radius 1 is 1.06 bits per heavy atom. The molecule has 2 atom stereocenters. The molecular weight excluding hydrogens is 663 g/mol. The molecule has 0 fully saturated rings. The van der Waals surface area contributed by atoms with Crippen LogP contribution < -0.4 is 20.3 Å². The van der Waals surface area contributed by atoms with Gasteiger partial charge in [0.25, 0.3) is 5.91 Å². The number of fused-ring (bicyclic) bond motifs is 1. The number of carboxylic acids is 1. The van der Waals surface area contributed by atoms with E-state index in [0.29, 0.717) is 22.7 Å². The predicted octanol–water partition coefficient (Wildman–Crippen LogP) is 6.43. The summed E-state index contributed by atoms with van der Waals surface area (Å²) in [6.07, 6.45) is 15.3. The highest BCUT2D eigenvalue weighted by atomic mass is 32.2. The lowest BCUT2D eigenvalue weighted by Gasteiger charge is -2.38. The zero-order valence-corrected chi connectivity index (χ0v) is 30.5. The van der Waals surface area contributed by atoms with Gasteiger partial charge in [0.05, 0.1) is 21.2 Å². The van der Waals surface area contributed by atoms with Gasteiger partial charge in [-0.3, -0.25) is 14.4 Å². The van der Waals surface area contributed by atoms with Crippen molar-refractivity contribution in [2.45, 2.75) is 94.0 Å². The van der Waals surface area contributed by atoms with Crippen LogP contribution >= 0.6 is 11.8 Å². The minimum absolute atomic E-state index is 0.0355. The van der Waals surface area contributed by atoms with Crippen molar-refractivity contribution in [1.82, 2.24) is 10.6 Å².